The normalized spacial score (nSPS) is 14.6. The number of alkyl halides is 1. The zero-order chi connectivity index (χ0) is 12.1. The monoisotopic (exact) mass is 238 g/mol. The van der Waals surface area contributed by atoms with Crippen LogP contribution in [0.25, 0.3) is 0 Å². The molecule has 0 aliphatic rings. The lowest BCUT2D eigenvalue weighted by Crippen LogP contribution is -2.14. The highest BCUT2D eigenvalue weighted by atomic mass is 31.2. The summed E-state index contributed by atoms with van der Waals surface area (Å²) in [5, 5.41) is 0. The zero-order valence-electron chi connectivity index (χ0n) is 9.77. The largest absolute Gasteiger partial charge is 0.365 e. The molecule has 0 heterocycles. The van der Waals surface area contributed by atoms with Crippen molar-refractivity contribution < 1.29 is 18.0 Å². The quantitative estimate of drug-likeness (QED) is 0.498. The van der Waals surface area contributed by atoms with E-state index in [1.54, 1.807) is 27.7 Å². The fourth-order valence-electron chi connectivity index (χ4n) is 1.01. The molecule has 0 amide bonds. The maximum atomic E-state index is 13.6. The number of allylic oxidation sites excluding steroid dienone is 1. The van der Waals surface area contributed by atoms with Gasteiger partial charge in [-0.2, -0.15) is 0 Å². The van der Waals surface area contributed by atoms with E-state index in [9.17, 15) is 8.96 Å². The third-order valence-electron chi connectivity index (χ3n) is 1.42. The topological polar surface area (TPSA) is 35.5 Å². The summed E-state index contributed by atoms with van der Waals surface area (Å²) < 4.78 is 35.8. The minimum Gasteiger partial charge on any atom is -0.304 e. The molecule has 15 heavy (non-hydrogen) atoms. The van der Waals surface area contributed by atoms with Crippen LogP contribution in [-0.4, -0.2) is 18.1 Å². The lowest BCUT2D eigenvalue weighted by atomic mass is 10.5. The third-order valence-corrected chi connectivity index (χ3v) is 3.75. The highest BCUT2D eigenvalue weighted by molar-refractivity contribution is 7.54. The summed E-state index contributed by atoms with van der Waals surface area (Å²) in [6, 6.07) is 0. The second-order valence-corrected chi connectivity index (χ2v) is 5.87. The van der Waals surface area contributed by atoms with Gasteiger partial charge in [-0.15, -0.1) is 6.58 Å². The van der Waals surface area contributed by atoms with E-state index in [2.05, 4.69) is 6.58 Å². The minimum absolute atomic E-state index is 0.0310. The highest BCUT2D eigenvalue weighted by Crippen LogP contribution is 2.56. The van der Waals surface area contributed by atoms with Crippen molar-refractivity contribution in [2.24, 2.45) is 0 Å². The van der Waals surface area contributed by atoms with Crippen LogP contribution in [0, 0.1) is 0 Å². The van der Waals surface area contributed by atoms with Crippen molar-refractivity contribution in [2.75, 3.05) is 0 Å². The molecule has 0 bridgehead atoms. The molecule has 0 aromatic heterocycles. The van der Waals surface area contributed by atoms with Crippen LogP contribution < -0.4 is 0 Å². The molecule has 1 atom stereocenters. The van der Waals surface area contributed by atoms with Gasteiger partial charge >= 0.3 is 7.60 Å². The van der Waals surface area contributed by atoms with E-state index in [1.165, 1.54) is 6.08 Å². The van der Waals surface area contributed by atoms with Crippen LogP contribution >= 0.6 is 7.60 Å². The molecule has 5 heteroatoms. The molecule has 0 aliphatic carbocycles. The molecule has 0 aromatic rings. The standard InChI is InChI=1S/C10H20FO3P/c1-6-7-10(11)15(12,13-8(2)3)14-9(4)5/h6,8-10H,1,7H2,2-5H3. The Morgan fingerprint density at radius 1 is 1.27 bits per heavy atom. The third kappa shape index (κ3) is 5.45. The van der Waals surface area contributed by atoms with Crippen molar-refractivity contribution in [3.63, 3.8) is 0 Å². The maximum Gasteiger partial charge on any atom is 0.365 e. The Kier molecular flexibility index (Phi) is 6.34. The summed E-state index contributed by atoms with van der Waals surface area (Å²) in [5.74, 6) is -1.64. The lowest BCUT2D eigenvalue weighted by Gasteiger charge is -2.24. The zero-order valence-corrected chi connectivity index (χ0v) is 10.7. The van der Waals surface area contributed by atoms with Crippen LogP contribution in [0.4, 0.5) is 4.39 Å². The first-order chi connectivity index (χ1) is 6.81. The molecule has 0 N–H and O–H groups in total. The Bertz CT molecular complexity index is 227. The summed E-state index contributed by atoms with van der Waals surface area (Å²) in [6.07, 6.45) is 0.664. The first-order valence-electron chi connectivity index (χ1n) is 5.03. The van der Waals surface area contributed by atoms with Crippen molar-refractivity contribution in [1.29, 1.82) is 0 Å². The molecule has 0 aliphatic heterocycles. The van der Waals surface area contributed by atoms with Gasteiger partial charge in [-0.05, 0) is 27.7 Å². The Morgan fingerprint density at radius 3 is 1.93 bits per heavy atom. The fourth-order valence-corrected chi connectivity index (χ4v) is 2.91. The Labute approximate surface area is 91.2 Å². The molecule has 0 radical (unpaired) electrons. The predicted octanol–water partition coefficient (Wildman–Crippen LogP) is 3.90. The fraction of sp³-hybridized carbons (Fsp3) is 0.800. The van der Waals surface area contributed by atoms with Crippen LogP contribution in [0.5, 0.6) is 0 Å². The van der Waals surface area contributed by atoms with Gasteiger partial charge in [0, 0.05) is 6.42 Å². The van der Waals surface area contributed by atoms with E-state index < -0.39 is 13.5 Å². The first kappa shape index (κ1) is 14.8. The highest BCUT2D eigenvalue weighted by Gasteiger charge is 2.37. The molecular formula is C10H20FO3P. The second-order valence-electron chi connectivity index (χ2n) is 3.81. The summed E-state index contributed by atoms with van der Waals surface area (Å²) in [4.78, 5) is 0. The second kappa shape index (κ2) is 6.41. The molecular weight excluding hydrogens is 218 g/mol. The molecule has 0 saturated carbocycles. The minimum atomic E-state index is -3.68. The summed E-state index contributed by atoms with van der Waals surface area (Å²) in [6.45, 7) is 10.2. The van der Waals surface area contributed by atoms with Crippen LogP contribution in [0.1, 0.15) is 34.1 Å². The van der Waals surface area contributed by atoms with E-state index in [4.69, 9.17) is 9.05 Å². The SMILES string of the molecule is C=CCC(F)P(=O)(OC(C)C)OC(C)C. The lowest BCUT2D eigenvalue weighted by molar-refractivity contribution is 0.123. The van der Waals surface area contributed by atoms with E-state index in [0.717, 1.165) is 0 Å². The summed E-state index contributed by atoms with van der Waals surface area (Å²) in [5.41, 5.74) is 0. The van der Waals surface area contributed by atoms with Gasteiger partial charge in [-0.1, -0.05) is 6.08 Å². The number of hydrogen-bond donors (Lipinski definition) is 0. The Hall–Kier alpha value is -0.180. The van der Waals surface area contributed by atoms with Crippen LogP contribution in [0.15, 0.2) is 12.7 Å². The molecule has 0 saturated heterocycles. The van der Waals surface area contributed by atoms with Gasteiger partial charge in [0.15, 0.2) is 0 Å². The maximum absolute atomic E-state index is 13.6. The molecule has 0 fully saturated rings. The molecule has 1 unspecified atom stereocenters. The van der Waals surface area contributed by atoms with E-state index >= 15 is 0 Å². The Morgan fingerprint density at radius 2 is 1.67 bits per heavy atom. The van der Waals surface area contributed by atoms with Crippen molar-refractivity contribution in [3.05, 3.63) is 12.7 Å². The van der Waals surface area contributed by atoms with E-state index in [-0.39, 0.29) is 18.6 Å². The van der Waals surface area contributed by atoms with Crippen LogP contribution in [0.2, 0.25) is 0 Å². The van der Waals surface area contributed by atoms with E-state index in [0.29, 0.717) is 0 Å². The predicted molar refractivity (Wildman–Crippen MR) is 59.8 cm³/mol. The van der Waals surface area contributed by atoms with Crippen molar-refractivity contribution in [2.45, 2.75) is 52.2 Å². The number of halogens is 1. The number of rotatable bonds is 7. The van der Waals surface area contributed by atoms with Gasteiger partial charge in [0.25, 0.3) is 0 Å². The first-order valence-corrected chi connectivity index (χ1v) is 6.64. The van der Waals surface area contributed by atoms with Gasteiger partial charge in [0.05, 0.1) is 12.2 Å². The Balaban J connectivity index is 4.67. The molecule has 0 aromatic carbocycles. The molecule has 3 nitrogen and oxygen atoms in total. The summed E-state index contributed by atoms with van der Waals surface area (Å²) >= 11 is 0. The van der Waals surface area contributed by atoms with Crippen LogP contribution in [-0.2, 0) is 13.6 Å². The van der Waals surface area contributed by atoms with Crippen molar-refractivity contribution in [1.82, 2.24) is 0 Å². The van der Waals surface area contributed by atoms with E-state index in [1.807, 2.05) is 0 Å². The van der Waals surface area contributed by atoms with Gasteiger partial charge < -0.3 is 9.05 Å². The van der Waals surface area contributed by atoms with Gasteiger partial charge in [0.2, 0.25) is 5.91 Å². The van der Waals surface area contributed by atoms with Gasteiger partial charge in [-0.3, -0.25) is 4.57 Å². The van der Waals surface area contributed by atoms with Crippen LogP contribution in [0.3, 0.4) is 0 Å². The average Bonchev–Trinajstić information content (AvgIpc) is 2.01. The molecule has 90 valence electrons. The molecule has 0 rings (SSSR count). The van der Waals surface area contributed by atoms with Gasteiger partial charge in [-0.25, -0.2) is 4.39 Å². The number of hydrogen-bond acceptors (Lipinski definition) is 3. The van der Waals surface area contributed by atoms with Gasteiger partial charge in [0.1, 0.15) is 0 Å². The smallest absolute Gasteiger partial charge is 0.304 e. The van der Waals surface area contributed by atoms with Crippen molar-refractivity contribution >= 4 is 7.60 Å². The molecule has 0 spiro atoms. The van der Waals surface area contributed by atoms with Crippen molar-refractivity contribution in [3.8, 4) is 0 Å². The summed E-state index contributed by atoms with van der Waals surface area (Å²) in [7, 11) is -3.68. The average molecular weight is 238 g/mol.